The van der Waals surface area contributed by atoms with E-state index in [2.05, 4.69) is 4.72 Å². The van der Waals surface area contributed by atoms with E-state index in [1.54, 1.807) is 42.2 Å². The summed E-state index contributed by atoms with van der Waals surface area (Å²) in [5.41, 5.74) is 2.10. The number of halogens is 1. The zero-order valence-electron chi connectivity index (χ0n) is 16.8. The fourth-order valence-corrected chi connectivity index (χ4v) is 4.80. The third-order valence-electron chi connectivity index (χ3n) is 4.96. The first kappa shape index (κ1) is 21.2. The van der Waals surface area contributed by atoms with Gasteiger partial charge in [-0.05, 0) is 48.9 Å². The van der Waals surface area contributed by atoms with Gasteiger partial charge in [-0.2, -0.15) is 0 Å². The van der Waals surface area contributed by atoms with Gasteiger partial charge in [0, 0.05) is 29.4 Å². The Labute approximate surface area is 186 Å². The quantitative estimate of drug-likeness (QED) is 0.615. The number of carbonyl (C=O) groups excluding carboxylic acids is 1. The van der Waals surface area contributed by atoms with Crippen molar-refractivity contribution in [3.63, 3.8) is 0 Å². The molecule has 0 saturated heterocycles. The van der Waals surface area contributed by atoms with Crippen molar-refractivity contribution in [2.24, 2.45) is 0 Å². The molecule has 0 radical (unpaired) electrons. The fourth-order valence-electron chi connectivity index (χ4n) is 3.45. The number of hydrogen-bond donors (Lipinski definition) is 1. The highest BCUT2D eigenvalue weighted by molar-refractivity contribution is 7.92. The molecule has 1 unspecified atom stereocenters. The van der Waals surface area contributed by atoms with Crippen LogP contribution in [-0.2, 0) is 27.9 Å². The topological polar surface area (TPSA) is 75.7 Å². The zero-order chi connectivity index (χ0) is 22.0. The Balaban J connectivity index is 1.61. The van der Waals surface area contributed by atoms with Gasteiger partial charge in [0.2, 0.25) is 0 Å². The summed E-state index contributed by atoms with van der Waals surface area (Å²) in [5.74, 6) is 0.434. The number of benzene rings is 3. The molecule has 0 fully saturated rings. The minimum absolute atomic E-state index is 0.0701. The molecule has 1 N–H and O–H groups in total. The maximum Gasteiger partial charge on any atom is 0.263 e. The number of sulfonamides is 1. The second kappa shape index (κ2) is 8.61. The van der Waals surface area contributed by atoms with Crippen LogP contribution in [0.1, 0.15) is 18.1 Å². The molecule has 0 spiro atoms. The molecule has 0 aromatic heterocycles. The van der Waals surface area contributed by atoms with Gasteiger partial charge in [-0.1, -0.05) is 48.0 Å². The van der Waals surface area contributed by atoms with Crippen LogP contribution in [0.2, 0.25) is 5.02 Å². The molecule has 1 atom stereocenters. The summed E-state index contributed by atoms with van der Waals surface area (Å²) in [6.07, 6.45) is -0.640. The Kier molecular flexibility index (Phi) is 5.89. The maximum atomic E-state index is 12.8. The molecule has 31 heavy (non-hydrogen) atoms. The summed E-state index contributed by atoms with van der Waals surface area (Å²) in [4.78, 5) is 14.6. The number of rotatable bonds is 5. The average Bonchev–Trinajstić information content (AvgIpc) is 2.85. The van der Waals surface area contributed by atoms with Crippen molar-refractivity contribution in [3.8, 4) is 5.75 Å². The number of ether oxygens (including phenoxy) is 1. The highest BCUT2D eigenvalue weighted by atomic mass is 35.5. The fraction of sp³-hybridized carbons (Fsp3) is 0.174. The first-order valence-electron chi connectivity index (χ1n) is 9.72. The smallest absolute Gasteiger partial charge is 0.263 e. The van der Waals surface area contributed by atoms with E-state index in [4.69, 9.17) is 16.3 Å². The SMILES string of the molecule is CC1Oc2ccc(NS(=O)(=O)c3cccc(Cl)c3)cc2CN(Cc2ccccc2)C1=O. The van der Waals surface area contributed by atoms with E-state index in [1.165, 1.54) is 12.1 Å². The largest absolute Gasteiger partial charge is 0.481 e. The summed E-state index contributed by atoms with van der Waals surface area (Å²) >= 11 is 5.93. The summed E-state index contributed by atoms with van der Waals surface area (Å²) < 4.78 is 33.9. The number of amides is 1. The number of nitrogens with one attached hydrogen (secondary N) is 1. The minimum atomic E-state index is -3.81. The molecule has 0 bridgehead atoms. The van der Waals surface area contributed by atoms with Crippen LogP contribution in [0.15, 0.2) is 77.7 Å². The van der Waals surface area contributed by atoms with Gasteiger partial charge in [-0.15, -0.1) is 0 Å². The summed E-state index contributed by atoms with van der Waals surface area (Å²) in [7, 11) is -3.81. The van der Waals surface area contributed by atoms with Crippen LogP contribution in [-0.4, -0.2) is 25.3 Å². The van der Waals surface area contributed by atoms with Crippen molar-refractivity contribution in [1.29, 1.82) is 0 Å². The van der Waals surface area contributed by atoms with Crippen molar-refractivity contribution in [1.82, 2.24) is 4.90 Å². The molecule has 1 heterocycles. The van der Waals surface area contributed by atoms with Crippen LogP contribution < -0.4 is 9.46 Å². The van der Waals surface area contributed by atoms with E-state index in [9.17, 15) is 13.2 Å². The lowest BCUT2D eigenvalue weighted by Crippen LogP contribution is -2.37. The van der Waals surface area contributed by atoms with E-state index in [0.29, 0.717) is 29.5 Å². The molecule has 4 rings (SSSR count). The lowest BCUT2D eigenvalue weighted by Gasteiger charge is -2.22. The number of anilines is 1. The highest BCUT2D eigenvalue weighted by Gasteiger charge is 2.28. The third kappa shape index (κ3) is 4.84. The van der Waals surface area contributed by atoms with E-state index >= 15 is 0 Å². The van der Waals surface area contributed by atoms with Gasteiger partial charge in [0.05, 0.1) is 4.90 Å². The monoisotopic (exact) mass is 456 g/mol. The predicted octanol–water partition coefficient (Wildman–Crippen LogP) is 4.45. The zero-order valence-corrected chi connectivity index (χ0v) is 18.4. The Morgan fingerprint density at radius 2 is 1.84 bits per heavy atom. The van der Waals surface area contributed by atoms with E-state index in [0.717, 1.165) is 11.1 Å². The van der Waals surface area contributed by atoms with Gasteiger partial charge in [-0.3, -0.25) is 9.52 Å². The molecule has 0 aliphatic carbocycles. The van der Waals surface area contributed by atoms with E-state index in [1.807, 2.05) is 30.3 Å². The molecular weight excluding hydrogens is 436 g/mol. The number of carbonyl (C=O) groups is 1. The first-order valence-corrected chi connectivity index (χ1v) is 11.6. The third-order valence-corrected chi connectivity index (χ3v) is 6.57. The van der Waals surface area contributed by atoms with Gasteiger partial charge in [-0.25, -0.2) is 8.42 Å². The number of nitrogens with zero attached hydrogens (tertiary/aromatic N) is 1. The highest BCUT2D eigenvalue weighted by Crippen LogP contribution is 2.30. The number of fused-ring (bicyclic) bond motifs is 1. The van der Waals surface area contributed by atoms with Crippen LogP contribution in [0.4, 0.5) is 5.69 Å². The molecule has 6 nitrogen and oxygen atoms in total. The van der Waals surface area contributed by atoms with Crippen molar-refractivity contribution in [2.45, 2.75) is 31.0 Å². The maximum absolute atomic E-state index is 12.8. The van der Waals surface area contributed by atoms with Crippen molar-refractivity contribution in [3.05, 3.63) is 88.9 Å². The van der Waals surface area contributed by atoms with Gasteiger partial charge in [0.15, 0.2) is 6.10 Å². The first-order chi connectivity index (χ1) is 14.8. The average molecular weight is 457 g/mol. The van der Waals surface area contributed by atoms with Gasteiger partial charge in [0.25, 0.3) is 15.9 Å². The van der Waals surface area contributed by atoms with E-state index < -0.39 is 16.1 Å². The van der Waals surface area contributed by atoms with Gasteiger partial charge < -0.3 is 9.64 Å². The molecule has 1 aliphatic rings. The van der Waals surface area contributed by atoms with Crippen LogP contribution in [0.3, 0.4) is 0 Å². The lowest BCUT2D eigenvalue weighted by molar-refractivity contribution is -0.138. The molecule has 1 amide bonds. The molecule has 3 aromatic rings. The van der Waals surface area contributed by atoms with Crippen LogP contribution in [0.25, 0.3) is 0 Å². The second-order valence-corrected chi connectivity index (χ2v) is 9.44. The summed E-state index contributed by atoms with van der Waals surface area (Å²) in [5, 5.41) is 0.335. The van der Waals surface area contributed by atoms with Gasteiger partial charge in [0.1, 0.15) is 5.75 Å². The van der Waals surface area contributed by atoms with Crippen molar-refractivity contribution in [2.75, 3.05) is 4.72 Å². The summed E-state index contributed by atoms with van der Waals surface area (Å²) in [6.45, 7) is 2.45. The van der Waals surface area contributed by atoms with Crippen LogP contribution in [0, 0.1) is 0 Å². The second-order valence-electron chi connectivity index (χ2n) is 7.33. The Hall–Kier alpha value is -3.03. The van der Waals surface area contributed by atoms with Crippen LogP contribution >= 0.6 is 11.6 Å². The predicted molar refractivity (Wildman–Crippen MR) is 119 cm³/mol. The Bertz CT molecular complexity index is 1220. The van der Waals surface area contributed by atoms with Crippen molar-refractivity contribution < 1.29 is 17.9 Å². The Morgan fingerprint density at radius 1 is 1.06 bits per heavy atom. The lowest BCUT2D eigenvalue weighted by atomic mass is 10.1. The molecular formula is C23H21ClN2O4S. The molecule has 1 aliphatic heterocycles. The molecule has 8 heteroatoms. The molecule has 3 aromatic carbocycles. The Morgan fingerprint density at radius 3 is 2.58 bits per heavy atom. The molecule has 0 saturated carbocycles. The summed E-state index contributed by atoms with van der Waals surface area (Å²) in [6, 6.07) is 20.7. The number of hydrogen-bond acceptors (Lipinski definition) is 4. The minimum Gasteiger partial charge on any atom is -0.481 e. The van der Waals surface area contributed by atoms with E-state index in [-0.39, 0.29) is 10.8 Å². The molecule has 160 valence electrons. The van der Waals surface area contributed by atoms with Crippen LogP contribution in [0.5, 0.6) is 5.75 Å². The van der Waals surface area contributed by atoms with Gasteiger partial charge >= 0.3 is 0 Å². The standard InChI is InChI=1S/C23H21ClN2O4S/c1-16-23(27)26(14-17-6-3-2-4-7-17)15-18-12-20(10-11-22(18)30-16)25-31(28,29)21-9-5-8-19(24)13-21/h2-13,16,25H,14-15H2,1H3. The van der Waals surface area contributed by atoms with Crippen molar-refractivity contribution >= 4 is 33.2 Å². The normalized spacial score (nSPS) is 16.3.